The van der Waals surface area contributed by atoms with Crippen molar-refractivity contribution in [1.82, 2.24) is 0 Å². The van der Waals surface area contributed by atoms with Gasteiger partial charge in [-0.1, -0.05) is 29.8 Å². The number of ketones is 1. The Hall–Kier alpha value is -2.05. The molecule has 0 saturated carbocycles. The maximum Gasteiger partial charge on any atom is 0.203 e. The molecule has 1 atom stereocenters. The molecule has 1 aromatic heterocycles. The van der Waals surface area contributed by atoms with Crippen LogP contribution in [0.4, 0.5) is 0 Å². The van der Waals surface area contributed by atoms with E-state index >= 15 is 0 Å². The molecule has 0 aliphatic heterocycles. The lowest BCUT2D eigenvalue weighted by atomic mass is 9.92. The second kappa shape index (κ2) is 5.07. The zero-order valence-electron chi connectivity index (χ0n) is 9.68. The molecule has 1 heterocycles. The fourth-order valence-electron chi connectivity index (χ4n) is 1.76. The van der Waals surface area contributed by atoms with Gasteiger partial charge < -0.3 is 4.42 Å². The van der Waals surface area contributed by atoms with E-state index in [1.165, 1.54) is 12.3 Å². The monoisotopic (exact) mass is 259 g/mol. The molecule has 1 aromatic carbocycles. The van der Waals surface area contributed by atoms with Gasteiger partial charge in [-0.05, 0) is 30.2 Å². The first-order chi connectivity index (χ1) is 8.63. The average molecular weight is 260 g/mol. The van der Waals surface area contributed by atoms with Crippen molar-refractivity contribution in [1.29, 1.82) is 5.26 Å². The van der Waals surface area contributed by atoms with E-state index in [1.54, 1.807) is 6.07 Å². The third-order valence-corrected chi connectivity index (χ3v) is 2.94. The summed E-state index contributed by atoms with van der Waals surface area (Å²) >= 11 is 5.76. The van der Waals surface area contributed by atoms with Gasteiger partial charge in [-0.15, -0.1) is 0 Å². The summed E-state index contributed by atoms with van der Waals surface area (Å²) in [6, 6.07) is 10.8. The van der Waals surface area contributed by atoms with Gasteiger partial charge in [0.25, 0.3) is 0 Å². The van der Waals surface area contributed by atoms with Gasteiger partial charge in [-0.2, -0.15) is 5.26 Å². The van der Waals surface area contributed by atoms with Gasteiger partial charge in [0, 0.05) is 0 Å². The molecule has 2 rings (SSSR count). The van der Waals surface area contributed by atoms with Gasteiger partial charge >= 0.3 is 0 Å². The number of carbonyl (C=O) groups is 1. The Kier molecular flexibility index (Phi) is 3.50. The van der Waals surface area contributed by atoms with Gasteiger partial charge in [0.15, 0.2) is 5.78 Å². The van der Waals surface area contributed by atoms with E-state index in [0.717, 1.165) is 5.56 Å². The molecule has 0 N–H and O–H groups in total. The zero-order chi connectivity index (χ0) is 13.1. The van der Waals surface area contributed by atoms with Crippen LogP contribution in [0.2, 0.25) is 5.22 Å². The van der Waals surface area contributed by atoms with Crippen LogP contribution < -0.4 is 0 Å². The number of hydrogen-bond acceptors (Lipinski definition) is 3. The van der Waals surface area contributed by atoms with Crippen LogP contribution in [0.5, 0.6) is 0 Å². The molecular weight excluding hydrogens is 250 g/mol. The van der Waals surface area contributed by atoms with Crippen LogP contribution in [0.25, 0.3) is 0 Å². The second-order valence-corrected chi connectivity index (χ2v) is 4.29. The number of nitriles is 1. The Morgan fingerprint density at radius 1 is 1.44 bits per heavy atom. The van der Waals surface area contributed by atoms with E-state index in [1.807, 2.05) is 31.2 Å². The predicted molar refractivity (Wildman–Crippen MR) is 67.6 cm³/mol. The summed E-state index contributed by atoms with van der Waals surface area (Å²) in [5.74, 6) is -1.21. The third kappa shape index (κ3) is 2.29. The maximum absolute atomic E-state index is 12.2. The van der Waals surface area contributed by atoms with E-state index in [-0.39, 0.29) is 16.6 Å². The van der Waals surface area contributed by atoms with Crippen LogP contribution in [0.1, 0.15) is 27.4 Å². The van der Waals surface area contributed by atoms with Gasteiger partial charge in [0.2, 0.25) is 5.22 Å². The first-order valence-electron chi connectivity index (χ1n) is 5.37. The first-order valence-corrected chi connectivity index (χ1v) is 5.74. The van der Waals surface area contributed by atoms with Crippen molar-refractivity contribution < 1.29 is 9.21 Å². The number of benzene rings is 1. The summed E-state index contributed by atoms with van der Waals surface area (Å²) in [7, 11) is 0. The number of furan rings is 1. The highest BCUT2D eigenvalue weighted by Gasteiger charge is 2.25. The van der Waals surface area contributed by atoms with Crippen molar-refractivity contribution in [3.05, 3.63) is 58.5 Å². The molecule has 3 nitrogen and oxygen atoms in total. The van der Waals surface area contributed by atoms with Crippen molar-refractivity contribution in [3.63, 3.8) is 0 Å². The molecule has 2 aromatic rings. The van der Waals surface area contributed by atoms with Crippen molar-refractivity contribution in [3.8, 4) is 6.07 Å². The highest BCUT2D eigenvalue weighted by Crippen LogP contribution is 2.26. The lowest BCUT2D eigenvalue weighted by Gasteiger charge is -2.08. The number of nitrogens with zero attached hydrogens (tertiary/aromatic N) is 1. The Bertz CT molecular complexity index is 625. The SMILES string of the molecule is Cc1cccc(C(C#N)C(=O)c2ccoc2Cl)c1. The van der Waals surface area contributed by atoms with Crippen LogP contribution in [0.15, 0.2) is 41.0 Å². The van der Waals surface area contributed by atoms with E-state index in [4.69, 9.17) is 16.0 Å². The van der Waals surface area contributed by atoms with Crippen LogP contribution >= 0.6 is 11.6 Å². The van der Waals surface area contributed by atoms with E-state index in [2.05, 4.69) is 0 Å². The van der Waals surface area contributed by atoms with Crippen molar-refractivity contribution in [2.24, 2.45) is 0 Å². The quantitative estimate of drug-likeness (QED) is 0.789. The van der Waals surface area contributed by atoms with Gasteiger partial charge in [0.05, 0.1) is 17.9 Å². The maximum atomic E-state index is 12.2. The summed E-state index contributed by atoms with van der Waals surface area (Å²) in [5, 5.41) is 9.21. The molecule has 0 bridgehead atoms. The molecule has 18 heavy (non-hydrogen) atoms. The molecular formula is C14H10ClNO2. The highest BCUT2D eigenvalue weighted by atomic mass is 35.5. The molecule has 0 radical (unpaired) electrons. The Morgan fingerprint density at radius 2 is 2.22 bits per heavy atom. The molecule has 0 spiro atoms. The molecule has 90 valence electrons. The third-order valence-electron chi connectivity index (χ3n) is 2.65. The predicted octanol–water partition coefficient (Wildman–Crippen LogP) is 3.73. The van der Waals surface area contributed by atoms with Gasteiger partial charge in [-0.3, -0.25) is 4.79 Å². The smallest absolute Gasteiger partial charge is 0.203 e. The van der Waals surface area contributed by atoms with Crippen LogP contribution in [0.3, 0.4) is 0 Å². The number of rotatable bonds is 3. The molecule has 0 aliphatic rings. The minimum Gasteiger partial charge on any atom is -0.452 e. The molecule has 4 heteroatoms. The minimum absolute atomic E-state index is 0.0212. The first kappa shape index (κ1) is 12.4. The summed E-state index contributed by atoms with van der Waals surface area (Å²) in [6.07, 6.45) is 1.33. The topological polar surface area (TPSA) is 54.0 Å². The van der Waals surface area contributed by atoms with E-state index < -0.39 is 5.92 Å². The number of halogens is 1. The largest absolute Gasteiger partial charge is 0.452 e. The lowest BCUT2D eigenvalue weighted by molar-refractivity contribution is 0.0978. The summed E-state index contributed by atoms with van der Waals surface area (Å²) < 4.78 is 4.88. The van der Waals surface area contributed by atoms with Gasteiger partial charge in [0.1, 0.15) is 5.92 Å². The minimum atomic E-state index is -0.861. The molecule has 0 saturated heterocycles. The fourth-order valence-corrected chi connectivity index (χ4v) is 1.97. The average Bonchev–Trinajstić information content (AvgIpc) is 2.76. The molecule has 0 amide bonds. The zero-order valence-corrected chi connectivity index (χ0v) is 10.4. The molecule has 1 unspecified atom stereocenters. The normalized spacial score (nSPS) is 11.8. The Labute approximate surface area is 110 Å². The summed E-state index contributed by atoms with van der Waals surface area (Å²) in [6.45, 7) is 1.91. The van der Waals surface area contributed by atoms with E-state index in [0.29, 0.717) is 5.56 Å². The number of carbonyl (C=O) groups excluding carboxylic acids is 1. The van der Waals surface area contributed by atoms with Crippen molar-refractivity contribution >= 4 is 17.4 Å². The highest BCUT2D eigenvalue weighted by molar-refractivity contribution is 6.32. The fraction of sp³-hybridized carbons (Fsp3) is 0.143. The lowest BCUT2D eigenvalue weighted by Crippen LogP contribution is -2.11. The Morgan fingerprint density at radius 3 is 2.78 bits per heavy atom. The van der Waals surface area contributed by atoms with E-state index in [9.17, 15) is 10.1 Å². The molecule has 0 fully saturated rings. The summed E-state index contributed by atoms with van der Waals surface area (Å²) in [4.78, 5) is 12.2. The molecule has 0 aliphatic carbocycles. The van der Waals surface area contributed by atoms with Crippen LogP contribution in [-0.4, -0.2) is 5.78 Å². The standard InChI is InChI=1S/C14H10ClNO2/c1-9-3-2-4-10(7-9)12(8-16)13(17)11-5-6-18-14(11)15/h2-7,12H,1H3. The Balaban J connectivity index is 2.39. The van der Waals surface area contributed by atoms with Crippen LogP contribution in [-0.2, 0) is 0 Å². The second-order valence-electron chi connectivity index (χ2n) is 3.95. The number of hydrogen-bond donors (Lipinski definition) is 0. The summed E-state index contributed by atoms with van der Waals surface area (Å²) in [5.41, 5.74) is 1.91. The number of Topliss-reactive ketones (excluding diaryl/α,β-unsaturated/α-hetero) is 1. The van der Waals surface area contributed by atoms with Crippen molar-refractivity contribution in [2.45, 2.75) is 12.8 Å². The van der Waals surface area contributed by atoms with Crippen LogP contribution in [0, 0.1) is 18.3 Å². The number of aryl methyl sites for hydroxylation is 1. The van der Waals surface area contributed by atoms with Crippen molar-refractivity contribution in [2.75, 3.05) is 0 Å². The van der Waals surface area contributed by atoms with Gasteiger partial charge in [-0.25, -0.2) is 0 Å².